The van der Waals surface area contributed by atoms with Crippen molar-refractivity contribution >= 4 is 23.7 Å². The number of carboxylic acid groups (broad SMARTS) is 1. The summed E-state index contributed by atoms with van der Waals surface area (Å²) in [7, 11) is 0. The quantitative estimate of drug-likeness (QED) is 0.418. The van der Waals surface area contributed by atoms with Crippen LogP contribution in [0.3, 0.4) is 0 Å². The Morgan fingerprint density at radius 1 is 0.939 bits per heavy atom. The van der Waals surface area contributed by atoms with E-state index in [-0.39, 0.29) is 35.2 Å². The Kier molecular flexibility index (Phi) is 6.65. The predicted molar refractivity (Wildman–Crippen MR) is 122 cm³/mol. The van der Waals surface area contributed by atoms with Crippen LogP contribution in [0.25, 0.3) is 11.1 Å². The molecule has 4 N–H and O–H groups in total. The summed E-state index contributed by atoms with van der Waals surface area (Å²) in [4.78, 5) is 23.7. The van der Waals surface area contributed by atoms with Gasteiger partial charge in [0.25, 0.3) is 0 Å². The Balaban J connectivity index is 1.37. The van der Waals surface area contributed by atoms with Crippen LogP contribution in [0.1, 0.15) is 39.1 Å². The van der Waals surface area contributed by atoms with Crippen molar-refractivity contribution in [2.45, 2.75) is 18.1 Å². The number of rotatable bonds is 7. The SMILES string of the molecule is O=C(NCC(O)C(O)c1cccc(Cl)c1C(=O)O)OCC1c2ccccc2-c2ccccc21. The highest BCUT2D eigenvalue weighted by Gasteiger charge is 2.29. The molecule has 0 spiro atoms. The lowest BCUT2D eigenvalue weighted by atomic mass is 9.98. The second-order valence-electron chi connectivity index (χ2n) is 7.73. The maximum absolute atomic E-state index is 12.3. The molecule has 33 heavy (non-hydrogen) atoms. The molecule has 4 rings (SSSR count). The molecule has 1 aliphatic rings. The van der Waals surface area contributed by atoms with Crippen LogP contribution in [0.5, 0.6) is 0 Å². The minimum absolute atomic E-state index is 0.0446. The lowest BCUT2D eigenvalue weighted by Crippen LogP contribution is -2.36. The normalized spacial score (nSPS) is 14.2. The summed E-state index contributed by atoms with van der Waals surface area (Å²) in [5, 5.41) is 32.4. The van der Waals surface area contributed by atoms with Gasteiger partial charge in [0, 0.05) is 12.5 Å². The number of nitrogens with one attached hydrogen (secondary N) is 1. The molecule has 0 aliphatic heterocycles. The lowest BCUT2D eigenvalue weighted by Gasteiger charge is -2.21. The van der Waals surface area contributed by atoms with Gasteiger partial charge in [0.05, 0.1) is 10.6 Å². The van der Waals surface area contributed by atoms with E-state index in [1.54, 1.807) is 0 Å². The van der Waals surface area contributed by atoms with Crippen LogP contribution in [-0.2, 0) is 4.74 Å². The zero-order valence-electron chi connectivity index (χ0n) is 17.4. The van der Waals surface area contributed by atoms with E-state index in [0.717, 1.165) is 22.3 Å². The van der Waals surface area contributed by atoms with Gasteiger partial charge >= 0.3 is 12.1 Å². The average molecular weight is 468 g/mol. The molecule has 170 valence electrons. The summed E-state index contributed by atoms with van der Waals surface area (Å²) in [6, 6.07) is 20.1. The van der Waals surface area contributed by atoms with Gasteiger partial charge < -0.3 is 25.4 Å². The van der Waals surface area contributed by atoms with Crippen molar-refractivity contribution in [3.05, 3.63) is 94.0 Å². The number of carboxylic acids is 1. The number of benzene rings is 3. The minimum atomic E-state index is -1.57. The van der Waals surface area contributed by atoms with Gasteiger partial charge in [-0.05, 0) is 33.9 Å². The third-order valence-corrected chi connectivity index (χ3v) is 6.06. The van der Waals surface area contributed by atoms with Crippen molar-refractivity contribution in [1.82, 2.24) is 5.32 Å². The van der Waals surface area contributed by atoms with Gasteiger partial charge in [-0.1, -0.05) is 72.3 Å². The Morgan fingerprint density at radius 3 is 2.15 bits per heavy atom. The first-order valence-electron chi connectivity index (χ1n) is 10.3. The van der Waals surface area contributed by atoms with Gasteiger partial charge in [-0.3, -0.25) is 0 Å². The number of fused-ring (bicyclic) bond motifs is 3. The van der Waals surface area contributed by atoms with E-state index >= 15 is 0 Å². The van der Waals surface area contributed by atoms with Gasteiger partial charge in [-0.25, -0.2) is 9.59 Å². The number of aromatic carboxylic acids is 1. The summed E-state index contributed by atoms with van der Waals surface area (Å²) >= 11 is 5.91. The van der Waals surface area contributed by atoms with Crippen molar-refractivity contribution in [1.29, 1.82) is 0 Å². The molecular formula is C25H22ClNO6. The number of alkyl carbamates (subject to hydrolysis) is 1. The average Bonchev–Trinajstić information content (AvgIpc) is 3.14. The Hall–Kier alpha value is -3.39. The monoisotopic (exact) mass is 467 g/mol. The molecule has 1 amide bonds. The molecule has 3 aromatic carbocycles. The van der Waals surface area contributed by atoms with Gasteiger partial charge in [-0.2, -0.15) is 0 Å². The summed E-state index contributed by atoms with van der Waals surface area (Å²) in [6.07, 6.45) is -3.79. The van der Waals surface area contributed by atoms with E-state index < -0.39 is 24.3 Å². The Bertz CT molecular complexity index is 1150. The van der Waals surface area contributed by atoms with Crippen LogP contribution in [-0.4, -0.2) is 46.6 Å². The third-order valence-electron chi connectivity index (χ3n) is 5.74. The maximum Gasteiger partial charge on any atom is 0.407 e. The van der Waals surface area contributed by atoms with Crippen molar-refractivity contribution in [3.63, 3.8) is 0 Å². The number of ether oxygens (including phenoxy) is 1. The van der Waals surface area contributed by atoms with E-state index in [1.165, 1.54) is 18.2 Å². The Morgan fingerprint density at radius 2 is 1.55 bits per heavy atom. The molecule has 0 aromatic heterocycles. The van der Waals surface area contributed by atoms with Gasteiger partial charge in [0.15, 0.2) is 0 Å². The van der Waals surface area contributed by atoms with Gasteiger partial charge in [0.1, 0.15) is 18.8 Å². The number of carbonyl (C=O) groups excluding carboxylic acids is 1. The zero-order chi connectivity index (χ0) is 23.5. The second-order valence-corrected chi connectivity index (χ2v) is 8.14. The van der Waals surface area contributed by atoms with E-state index in [9.17, 15) is 24.9 Å². The highest BCUT2D eigenvalue weighted by atomic mass is 35.5. The fourth-order valence-electron chi connectivity index (χ4n) is 4.17. The van der Waals surface area contributed by atoms with Gasteiger partial charge in [-0.15, -0.1) is 0 Å². The Labute approximate surface area is 195 Å². The first-order valence-corrected chi connectivity index (χ1v) is 10.7. The first-order chi connectivity index (χ1) is 15.9. The molecule has 0 saturated heterocycles. The van der Waals surface area contributed by atoms with E-state index in [4.69, 9.17) is 16.3 Å². The number of aliphatic hydroxyl groups is 2. The number of carbonyl (C=O) groups is 2. The summed E-state index contributed by atoms with van der Waals surface area (Å²) in [5.74, 6) is -1.44. The minimum Gasteiger partial charge on any atom is -0.478 e. The fraction of sp³-hybridized carbons (Fsp3) is 0.200. The standard InChI is InChI=1S/C25H22ClNO6/c26-20-11-5-10-18(22(20)24(30)31)23(29)21(28)12-27-25(32)33-13-19-16-8-3-1-6-14(16)15-7-2-4-9-17(15)19/h1-11,19,21,23,28-29H,12-13H2,(H,27,32)(H,30,31). The number of amides is 1. The number of halogens is 1. The van der Waals surface area contributed by atoms with Crippen molar-refractivity contribution < 1.29 is 29.6 Å². The van der Waals surface area contributed by atoms with Gasteiger partial charge in [0.2, 0.25) is 0 Å². The molecule has 8 heteroatoms. The van der Waals surface area contributed by atoms with Crippen LogP contribution >= 0.6 is 11.6 Å². The molecule has 0 fully saturated rings. The highest BCUT2D eigenvalue weighted by molar-refractivity contribution is 6.33. The molecule has 2 atom stereocenters. The van der Waals surface area contributed by atoms with Crippen molar-refractivity contribution in [3.8, 4) is 11.1 Å². The summed E-state index contributed by atoms with van der Waals surface area (Å²) < 4.78 is 5.40. The van der Waals surface area contributed by atoms with Crippen LogP contribution in [0.15, 0.2) is 66.7 Å². The van der Waals surface area contributed by atoms with E-state index in [2.05, 4.69) is 5.32 Å². The molecule has 0 bridgehead atoms. The van der Waals surface area contributed by atoms with Crippen LogP contribution in [0.2, 0.25) is 5.02 Å². The second kappa shape index (κ2) is 9.62. The first kappa shape index (κ1) is 22.8. The van der Waals surface area contributed by atoms with E-state index in [1.807, 2.05) is 48.5 Å². The predicted octanol–water partition coefficient (Wildman–Crippen LogP) is 3.97. The topological polar surface area (TPSA) is 116 Å². The van der Waals surface area contributed by atoms with Crippen molar-refractivity contribution in [2.24, 2.45) is 0 Å². The zero-order valence-corrected chi connectivity index (χ0v) is 18.2. The molecule has 0 saturated carbocycles. The molecular weight excluding hydrogens is 446 g/mol. The highest BCUT2D eigenvalue weighted by Crippen LogP contribution is 2.44. The molecule has 0 radical (unpaired) electrons. The largest absolute Gasteiger partial charge is 0.478 e. The van der Waals surface area contributed by atoms with Crippen LogP contribution in [0, 0.1) is 0 Å². The van der Waals surface area contributed by atoms with Crippen molar-refractivity contribution in [2.75, 3.05) is 13.2 Å². The maximum atomic E-state index is 12.3. The third kappa shape index (κ3) is 4.57. The number of hydrogen-bond donors (Lipinski definition) is 4. The fourth-order valence-corrected chi connectivity index (χ4v) is 4.43. The number of aliphatic hydroxyl groups excluding tert-OH is 2. The lowest BCUT2D eigenvalue weighted by molar-refractivity contribution is 0.0175. The summed E-state index contributed by atoms with van der Waals surface area (Å²) in [6.45, 7) is -0.237. The molecule has 1 aliphatic carbocycles. The number of hydrogen-bond acceptors (Lipinski definition) is 5. The molecule has 2 unspecified atom stereocenters. The van der Waals surface area contributed by atoms with Crippen LogP contribution < -0.4 is 5.32 Å². The summed E-state index contributed by atoms with van der Waals surface area (Å²) in [5.41, 5.74) is 4.02. The van der Waals surface area contributed by atoms with E-state index in [0.29, 0.717) is 0 Å². The molecule has 0 heterocycles. The molecule has 3 aromatic rings. The smallest absolute Gasteiger partial charge is 0.407 e. The molecule has 7 nitrogen and oxygen atoms in total. The van der Waals surface area contributed by atoms with Crippen LogP contribution in [0.4, 0.5) is 4.79 Å².